The summed E-state index contributed by atoms with van der Waals surface area (Å²) >= 11 is 1.43. The second kappa shape index (κ2) is 11.9. The third-order valence-electron chi connectivity index (χ3n) is 7.12. The van der Waals surface area contributed by atoms with E-state index in [4.69, 9.17) is 9.47 Å². The van der Waals surface area contributed by atoms with Crippen molar-refractivity contribution in [2.75, 3.05) is 44.0 Å². The third kappa shape index (κ3) is 6.31. The van der Waals surface area contributed by atoms with Crippen LogP contribution >= 0.6 is 11.8 Å². The summed E-state index contributed by atoms with van der Waals surface area (Å²) in [5, 5.41) is 12.3. The predicted molar refractivity (Wildman–Crippen MR) is 143 cm³/mol. The molecule has 2 aromatic carbocycles. The number of carboxylic acids is 1. The van der Waals surface area contributed by atoms with Crippen molar-refractivity contribution in [1.29, 1.82) is 0 Å². The number of amides is 2. The summed E-state index contributed by atoms with van der Waals surface area (Å²) in [4.78, 5) is 42.3. The topological polar surface area (TPSA) is 108 Å². The van der Waals surface area contributed by atoms with E-state index in [1.807, 2.05) is 47.4 Å². The minimum atomic E-state index is -0.953. The van der Waals surface area contributed by atoms with E-state index in [0.29, 0.717) is 37.4 Å². The Morgan fingerprint density at radius 1 is 0.947 bits per heavy atom. The molecule has 1 fully saturated rings. The molecule has 2 heterocycles. The van der Waals surface area contributed by atoms with Crippen molar-refractivity contribution in [3.63, 3.8) is 0 Å². The number of aliphatic carboxylic acids is 1. The molecule has 0 radical (unpaired) electrons. The quantitative estimate of drug-likeness (QED) is 0.389. The monoisotopic (exact) mass is 537 g/mol. The van der Waals surface area contributed by atoms with Crippen LogP contribution in [0.15, 0.2) is 59.5 Å². The van der Waals surface area contributed by atoms with Crippen molar-refractivity contribution in [2.24, 2.45) is 11.8 Å². The summed E-state index contributed by atoms with van der Waals surface area (Å²) in [5.74, 6) is -0.592. The second-order valence-corrected chi connectivity index (χ2v) is 10.7. The number of nitrogens with one attached hydrogen (secondary N) is 1. The van der Waals surface area contributed by atoms with Crippen molar-refractivity contribution in [3.05, 3.63) is 60.2 Å². The molecule has 10 heteroatoms. The van der Waals surface area contributed by atoms with Gasteiger partial charge in [-0.25, -0.2) is 0 Å². The maximum Gasteiger partial charge on any atom is 0.307 e. The van der Waals surface area contributed by atoms with Gasteiger partial charge in [-0.15, -0.1) is 11.8 Å². The molecule has 9 nitrogen and oxygen atoms in total. The normalized spacial score (nSPS) is 20.8. The predicted octanol–water partition coefficient (Wildman–Crippen LogP) is 3.46. The zero-order chi connectivity index (χ0) is 26.5. The molecule has 2 unspecified atom stereocenters. The molecular weight excluding hydrogens is 506 g/mol. The van der Waals surface area contributed by atoms with Crippen molar-refractivity contribution < 1.29 is 29.0 Å². The Kier molecular flexibility index (Phi) is 8.19. The van der Waals surface area contributed by atoms with Gasteiger partial charge in [0.2, 0.25) is 18.6 Å². The van der Waals surface area contributed by atoms with E-state index in [1.165, 1.54) is 11.8 Å². The first kappa shape index (κ1) is 26.1. The summed E-state index contributed by atoms with van der Waals surface area (Å²) < 4.78 is 10.8. The molecule has 1 saturated heterocycles. The fourth-order valence-electron chi connectivity index (χ4n) is 4.96. The number of hydrogen-bond donors (Lipinski definition) is 2. The molecule has 0 bridgehead atoms. The smallest absolute Gasteiger partial charge is 0.307 e. The van der Waals surface area contributed by atoms with Crippen molar-refractivity contribution >= 4 is 35.2 Å². The molecule has 0 aromatic heterocycles. The zero-order valence-electron chi connectivity index (χ0n) is 21.0. The van der Waals surface area contributed by atoms with Gasteiger partial charge in [0.05, 0.1) is 17.6 Å². The van der Waals surface area contributed by atoms with Crippen LogP contribution in [-0.4, -0.2) is 71.4 Å². The minimum absolute atomic E-state index is 0.0884. The lowest BCUT2D eigenvalue weighted by Gasteiger charge is -2.34. The molecule has 2 N–H and O–H groups in total. The van der Waals surface area contributed by atoms with Crippen molar-refractivity contribution in [2.45, 2.75) is 24.3 Å². The highest BCUT2D eigenvalue weighted by molar-refractivity contribution is 8.00. The first-order valence-electron chi connectivity index (χ1n) is 12.8. The lowest BCUT2D eigenvalue weighted by molar-refractivity contribution is -0.146. The highest BCUT2D eigenvalue weighted by atomic mass is 32.2. The number of carbonyl (C=O) groups is 3. The number of allylic oxidation sites excluding steroid dienone is 2. The summed E-state index contributed by atoms with van der Waals surface area (Å²) in [6, 6.07) is 13.3. The highest BCUT2D eigenvalue weighted by Gasteiger charge is 2.34. The summed E-state index contributed by atoms with van der Waals surface area (Å²) in [7, 11) is 0. The van der Waals surface area contributed by atoms with Crippen LogP contribution in [0.1, 0.15) is 18.4 Å². The van der Waals surface area contributed by atoms with Crippen LogP contribution < -0.4 is 14.8 Å². The average molecular weight is 538 g/mol. The number of carbonyl (C=O) groups excluding carboxylic acids is 2. The Morgan fingerprint density at radius 3 is 2.50 bits per heavy atom. The van der Waals surface area contributed by atoms with Crippen LogP contribution in [0.5, 0.6) is 11.5 Å². The molecule has 2 aliphatic heterocycles. The molecule has 0 saturated carbocycles. The van der Waals surface area contributed by atoms with Gasteiger partial charge >= 0.3 is 5.97 Å². The molecule has 2 atom stereocenters. The average Bonchev–Trinajstić information content (AvgIpc) is 3.40. The molecule has 5 rings (SSSR count). The van der Waals surface area contributed by atoms with Gasteiger partial charge in [0.25, 0.3) is 0 Å². The number of benzene rings is 2. The molecule has 3 aliphatic rings. The molecule has 0 spiro atoms. The summed E-state index contributed by atoms with van der Waals surface area (Å²) in [6.45, 7) is 4.04. The van der Waals surface area contributed by atoms with E-state index in [1.54, 1.807) is 6.07 Å². The van der Waals surface area contributed by atoms with E-state index in [-0.39, 0.29) is 18.6 Å². The van der Waals surface area contributed by atoms with Gasteiger partial charge < -0.3 is 24.8 Å². The fraction of sp³-hybridized carbons (Fsp3) is 0.393. The van der Waals surface area contributed by atoms with E-state index in [9.17, 15) is 19.5 Å². The number of anilines is 1. The Bertz CT molecular complexity index is 1230. The number of ether oxygens (including phenoxy) is 2. The number of thioether (sulfide) groups is 1. The fourth-order valence-corrected chi connectivity index (χ4v) is 5.82. The second-order valence-electron chi connectivity index (χ2n) is 9.64. The third-order valence-corrected chi connectivity index (χ3v) is 8.10. The van der Waals surface area contributed by atoms with Gasteiger partial charge in [-0.2, -0.15) is 0 Å². The maximum absolute atomic E-state index is 12.9. The van der Waals surface area contributed by atoms with Crippen LogP contribution in [-0.2, 0) is 20.9 Å². The Morgan fingerprint density at radius 2 is 1.71 bits per heavy atom. The SMILES string of the molecule is O=C(O)C1CC=CCC1C(=O)Nc1cccc(SCC(=O)N2CCN(Cc3ccc4c(c3)OCO4)CC2)c1. The minimum Gasteiger partial charge on any atom is -0.481 e. The summed E-state index contributed by atoms with van der Waals surface area (Å²) in [5.41, 5.74) is 1.76. The van der Waals surface area contributed by atoms with Gasteiger partial charge in [0.1, 0.15) is 0 Å². The van der Waals surface area contributed by atoms with Crippen molar-refractivity contribution in [3.8, 4) is 11.5 Å². The van der Waals surface area contributed by atoms with Gasteiger partial charge in [0.15, 0.2) is 11.5 Å². The van der Waals surface area contributed by atoms with Gasteiger partial charge in [0, 0.05) is 43.3 Å². The van der Waals surface area contributed by atoms with Crippen LogP contribution in [0.2, 0.25) is 0 Å². The molecule has 2 amide bonds. The lowest BCUT2D eigenvalue weighted by atomic mass is 9.82. The maximum atomic E-state index is 12.9. The molecule has 200 valence electrons. The van der Waals surface area contributed by atoms with Crippen molar-refractivity contribution in [1.82, 2.24) is 9.80 Å². The van der Waals surface area contributed by atoms with E-state index >= 15 is 0 Å². The van der Waals surface area contributed by atoms with Gasteiger partial charge in [-0.1, -0.05) is 24.3 Å². The highest BCUT2D eigenvalue weighted by Crippen LogP contribution is 2.33. The van der Waals surface area contributed by atoms with E-state index in [2.05, 4.69) is 16.3 Å². The summed E-state index contributed by atoms with van der Waals surface area (Å²) in [6.07, 6.45) is 4.45. The van der Waals surface area contributed by atoms with E-state index < -0.39 is 17.8 Å². The number of rotatable bonds is 8. The lowest BCUT2D eigenvalue weighted by Crippen LogP contribution is -2.48. The molecule has 1 aliphatic carbocycles. The number of nitrogens with zero attached hydrogens (tertiary/aromatic N) is 2. The van der Waals surface area contributed by atoms with E-state index in [0.717, 1.165) is 41.6 Å². The molecular formula is C28H31N3O6S. The van der Waals surface area contributed by atoms with Crippen LogP contribution in [0.25, 0.3) is 0 Å². The number of fused-ring (bicyclic) bond motifs is 1. The standard InChI is InChI=1S/C28H31N3O6S/c32-26(31-12-10-30(11-13-31)16-19-8-9-24-25(14-19)37-18-36-24)17-38-21-5-3-4-20(15-21)29-27(33)22-6-1-2-7-23(22)28(34)35/h1-5,8-9,14-15,22-23H,6-7,10-13,16-18H2,(H,29,33)(H,34,35). The van der Waals surface area contributed by atoms with Crippen LogP contribution in [0.3, 0.4) is 0 Å². The zero-order valence-corrected chi connectivity index (χ0v) is 21.8. The Balaban J connectivity index is 1.08. The number of carboxylic acid groups (broad SMARTS) is 1. The molecule has 38 heavy (non-hydrogen) atoms. The van der Waals surface area contributed by atoms with Crippen LogP contribution in [0.4, 0.5) is 5.69 Å². The molecule has 2 aromatic rings. The first-order valence-corrected chi connectivity index (χ1v) is 13.7. The Labute approximate surface area is 225 Å². The van der Waals surface area contributed by atoms with Gasteiger partial charge in [-0.3, -0.25) is 19.3 Å². The number of piperazine rings is 1. The number of hydrogen-bond acceptors (Lipinski definition) is 7. The van der Waals surface area contributed by atoms with Crippen LogP contribution in [0, 0.1) is 11.8 Å². The van der Waals surface area contributed by atoms with Gasteiger partial charge in [-0.05, 0) is 48.7 Å². The largest absolute Gasteiger partial charge is 0.481 e. The first-order chi connectivity index (χ1) is 18.5. The Hall–Kier alpha value is -3.50.